The molecule has 0 saturated carbocycles. The monoisotopic (exact) mass is 199 g/mol. The molecular formula is C13H13NO. The fourth-order valence-corrected chi connectivity index (χ4v) is 1.71. The van der Waals surface area contributed by atoms with Crippen LogP contribution in [0.15, 0.2) is 36.5 Å². The molecule has 0 saturated heterocycles. The topological polar surface area (TPSA) is 22.0 Å². The molecule has 0 fully saturated rings. The van der Waals surface area contributed by atoms with E-state index in [-0.39, 0.29) is 5.78 Å². The average Bonchev–Trinajstić information content (AvgIpc) is 2.54. The highest BCUT2D eigenvalue weighted by molar-refractivity contribution is 5.96. The van der Waals surface area contributed by atoms with E-state index in [1.165, 1.54) is 10.9 Å². The van der Waals surface area contributed by atoms with E-state index in [2.05, 4.69) is 16.7 Å². The molecule has 2 heteroatoms. The molecule has 2 nitrogen and oxygen atoms in total. The summed E-state index contributed by atoms with van der Waals surface area (Å²) >= 11 is 0. The van der Waals surface area contributed by atoms with Crippen LogP contribution < -0.4 is 0 Å². The van der Waals surface area contributed by atoms with Gasteiger partial charge in [0.2, 0.25) is 0 Å². The number of carbonyl (C=O) groups is 1. The first kappa shape index (κ1) is 9.71. The lowest BCUT2D eigenvalue weighted by atomic mass is 10.1. The number of aryl methyl sites for hydroxylation is 1. The van der Waals surface area contributed by atoms with E-state index < -0.39 is 0 Å². The summed E-state index contributed by atoms with van der Waals surface area (Å²) < 4.78 is 2.06. The van der Waals surface area contributed by atoms with Gasteiger partial charge in [0.05, 0.1) is 0 Å². The normalized spacial score (nSPS) is 11.3. The maximum absolute atomic E-state index is 10.9. The highest BCUT2D eigenvalue weighted by atomic mass is 16.1. The number of hydrogen-bond donors (Lipinski definition) is 0. The molecule has 0 aliphatic heterocycles. The second-order valence-corrected chi connectivity index (χ2v) is 3.66. The van der Waals surface area contributed by atoms with Crippen LogP contribution in [0.4, 0.5) is 0 Å². The van der Waals surface area contributed by atoms with Gasteiger partial charge in [-0.1, -0.05) is 18.2 Å². The number of nitrogens with zero attached hydrogens (tertiary/aromatic N) is 1. The van der Waals surface area contributed by atoms with Crippen molar-refractivity contribution in [2.45, 2.75) is 6.92 Å². The van der Waals surface area contributed by atoms with Crippen LogP contribution in [0.3, 0.4) is 0 Å². The SMILES string of the molecule is CC(=O)/C=C/c1cn(C)c2ccccc12. The lowest BCUT2D eigenvalue weighted by Gasteiger charge is -1.92. The van der Waals surface area contributed by atoms with Gasteiger partial charge in [0.1, 0.15) is 0 Å². The summed E-state index contributed by atoms with van der Waals surface area (Å²) in [5, 5.41) is 1.18. The number of allylic oxidation sites excluding steroid dienone is 1. The summed E-state index contributed by atoms with van der Waals surface area (Å²) in [5.74, 6) is 0.0722. The zero-order valence-corrected chi connectivity index (χ0v) is 8.90. The quantitative estimate of drug-likeness (QED) is 0.682. The van der Waals surface area contributed by atoms with Gasteiger partial charge in [0.15, 0.2) is 5.78 Å². The molecule has 0 unspecified atom stereocenters. The molecule has 1 heterocycles. The van der Waals surface area contributed by atoms with Crippen molar-refractivity contribution in [1.29, 1.82) is 0 Å². The number of hydrogen-bond acceptors (Lipinski definition) is 1. The number of ketones is 1. The van der Waals surface area contributed by atoms with Crippen molar-refractivity contribution in [1.82, 2.24) is 4.57 Å². The molecule has 0 aliphatic carbocycles. The van der Waals surface area contributed by atoms with Gasteiger partial charge < -0.3 is 4.57 Å². The highest BCUT2D eigenvalue weighted by Gasteiger charge is 2.02. The van der Waals surface area contributed by atoms with Gasteiger partial charge in [-0.2, -0.15) is 0 Å². The van der Waals surface area contributed by atoms with Crippen molar-refractivity contribution in [3.05, 3.63) is 42.1 Å². The van der Waals surface area contributed by atoms with E-state index in [0.29, 0.717) is 0 Å². The van der Waals surface area contributed by atoms with Crippen molar-refractivity contribution >= 4 is 22.8 Å². The van der Waals surface area contributed by atoms with Crippen molar-refractivity contribution in [2.75, 3.05) is 0 Å². The first-order chi connectivity index (χ1) is 7.18. The van der Waals surface area contributed by atoms with Gasteiger partial charge in [0.25, 0.3) is 0 Å². The van der Waals surface area contributed by atoms with Crippen molar-refractivity contribution in [3.63, 3.8) is 0 Å². The van der Waals surface area contributed by atoms with Crippen LogP contribution in [0, 0.1) is 0 Å². The van der Waals surface area contributed by atoms with Crippen LogP contribution in [0.2, 0.25) is 0 Å². The first-order valence-corrected chi connectivity index (χ1v) is 4.91. The van der Waals surface area contributed by atoms with Gasteiger partial charge in [-0.3, -0.25) is 4.79 Å². The Balaban J connectivity index is 2.57. The minimum atomic E-state index is 0.0722. The maximum Gasteiger partial charge on any atom is 0.152 e. The van der Waals surface area contributed by atoms with Gasteiger partial charge in [-0.15, -0.1) is 0 Å². The van der Waals surface area contributed by atoms with Gasteiger partial charge in [-0.25, -0.2) is 0 Å². The predicted octanol–water partition coefficient (Wildman–Crippen LogP) is 2.78. The average molecular weight is 199 g/mol. The summed E-state index contributed by atoms with van der Waals surface area (Å²) in [4.78, 5) is 10.9. The minimum absolute atomic E-state index is 0.0722. The second-order valence-electron chi connectivity index (χ2n) is 3.66. The molecule has 15 heavy (non-hydrogen) atoms. The molecule has 1 aromatic heterocycles. The molecule has 0 aliphatic rings. The number of aromatic nitrogens is 1. The lowest BCUT2D eigenvalue weighted by molar-refractivity contribution is -0.112. The molecule has 0 radical (unpaired) electrons. The van der Waals surface area contributed by atoms with E-state index >= 15 is 0 Å². The van der Waals surface area contributed by atoms with Crippen LogP contribution in [0.1, 0.15) is 12.5 Å². The maximum atomic E-state index is 10.9. The molecule has 76 valence electrons. The lowest BCUT2D eigenvalue weighted by Crippen LogP contribution is -1.81. The van der Waals surface area contributed by atoms with Crippen LogP contribution in [-0.4, -0.2) is 10.4 Å². The highest BCUT2D eigenvalue weighted by Crippen LogP contribution is 2.21. The van der Waals surface area contributed by atoms with Crippen LogP contribution in [0.5, 0.6) is 0 Å². The predicted molar refractivity (Wildman–Crippen MR) is 62.6 cm³/mol. The minimum Gasteiger partial charge on any atom is -0.350 e. The zero-order chi connectivity index (χ0) is 10.8. The Morgan fingerprint density at radius 2 is 2.07 bits per heavy atom. The third-order valence-corrected chi connectivity index (χ3v) is 2.43. The van der Waals surface area contributed by atoms with E-state index in [9.17, 15) is 4.79 Å². The van der Waals surface area contributed by atoms with Crippen molar-refractivity contribution in [3.8, 4) is 0 Å². The summed E-state index contributed by atoms with van der Waals surface area (Å²) in [6, 6.07) is 8.16. The summed E-state index contributed by atoms with van der Waals surface area (Å²) in [6.45, 7) is 1.56. The molecule has 0 atom stereocenters. The van der Waals surface area contributed by atoms with Crippen LogP contribution in [-0.2, 0) is 11.8 Å². The summed E-state index contributed by atoms with van der Waals surface area (Å²) in [6.07, 6.45) is 5.50. The van der Waals surface area contributed by atoms with E-state index in [4.69, 9.17) is 0 Å². The number of benzene rings is 1. The largest absolute Gasteiger partial charge is 0.350 e. The third kappa shape index (κ3) is 1.84. The van der Waals surface area contributed by atoms with E-state index in [0.717, 1.165) is 5.56 Å². The Morgan fingerprint density at radius 1 is 1.33 bits per heavy atom. The van der Waals surface area contributed by atoms with E-state index in [1.54, 1.807) is 13.0 Å². The molecular weight excluding hydrogens is 186 g/mol. The number of carbonyl (C=O) groups excluding carboxylic acids is 1. The number of fused-ring (bicyclic) bond motifs is 1. The fourth-order valence-electron chi connectivity index (χ4n) is 1.71. The summed E-state index contributed by atoms with van der Waals surface area (Å²) in [5.41, 5.74) is 2.27. The second kappa shape index (κ2) is 3.73. The molecule has 0 spiro atoms. The molecule has 0 N–H and O–H groups in total. The molecule has 2 aromatic rings. The van der Waals surface area contributed by atoms with Gasteiger partial charge >= 0.3 is 0 Å². The number of rotatable bonds is 2. The van der Waals surface area contributed by atoms with Crippen LogP contribution in [0.25, 0.3) is 17.0 Å². The van der Waals surface area contributed by atoms with Gasteiger partial charge in [0, 0.05) is 29.7 Å². The third-order valence-electron chi connectivity index (χ3n) is 2.43. The molecule has 1 aromatic carbocycles. The standard InChI is InChI=1S/C13H13NO/c1-10(15)7-8-11-9-14(2)13-6-4-3-5-12(11)13/h3-9H,1-2H3/b8-7+. The smallest absolute Gasteiger partial charge is 0.152 e. The van der Waals surface area contributed by atoms with Crippen LogP contribution >= 0.6 is 0 Å². The van der Waals surface area contributed by atoms with E-state index in [1.807, 2.05) is 31.5 Å². The Hall–Kier alpha value is -1.83. The Morgan fingerprint density at radius 3 is 2.80 bits per heavy atom. The Kier molecular flexibility index (Phi) is 2.42. The summed E-state index contributed by atoms with van der Waals surface area (Å²) in [7, 11) is 2.01. The van der Waals surface area contributed by atoms with Crippen molar-refractivity contribution in [2.24, 2.45) is 7.05 Å². The zero-order valence-electron chi connectivity index (χ0n) is 8.90. The molecule has 0 amide bonds. The van der Waals surface area contributed by atoms with Gasteiger partial charge in [-0.05, 0) is 25.1 Å². The fraction of sp³-hybridized carbons (Fsp3) is 0.154. The Bertz CT molecular complexity index is 534. The Labute approximate surface area is 88.8 Å². The van der Waals surface area contributed by atoms with Crippen molar-refractivity contribution < 1.29 is 4.79 Å². The number of para-hydroxylation sites is 1. The molecule has 2 rings (SSSR count). The first-order valence-electron chi connectivity index (χ1n) is 4.91. The molecule has 0 bridgehead atoms.